The van der Waals surface area contributed by atoms with E-state index in [0.29, 0.717) is 5.92 Å². The average Bonchev–Trinajstić information content (AvgIpc) is 2.41. The zero-order chi connectivity index (χ0) is 13.8. The lowest BCUT2D eigenvalue weighted by Crippen LogP contribution is -2.13. The molecular formula is C16H32O2. The first-order chi connectivity index (χ1) is 8.61. The number of rotatable bonds is 6. The average molecular weight is 256 g/mol. The van der Waals surface area contributed by atoms with E-state index in [2.05, 4.69) is 13.8 Å². The summed E-state index contributed by atoms with van der Waals surface area (Å²) in [6.45, 7) is 6.26. The summed E-state index contributed by atoms with van der Waals surface area (Å²) in [5, 5.41) is 8.76. The van der Waals surface area contributed by atoms with Crippen molar-refractivity contribution < 1.29 is 9.90 Å². The van der Waals surface area contributed by atoms with E-state index in [1.54, 1.807) is 0 Å². The number of carboxylic acid groups (broad SMARTS) is 1. The molecule has 2 atom stereocenters. The van der Waals surface area contributed by atoms with Crippen LogP contribution in [-0.4, -0.2) is 11.1 Å². The van der Waals surface area contributed by atoms with E-state index in [4.69, 9.17) is 5.11 Å². The van der Waals surface area contributed by atoms with Gasteiger partial charge in [0.25, 0.3) is 0 Å². The number of aliphatic carboxylic acids is 1. The Balaban J connectivity index is 0.000000397. The summed E-state index contributed by atoms with van der Waals surface area (Å²) >= 11 is 0. The van der Waals surface area contributed by atoms with Gasteiger partial charge < -0.3 is 5.11 Å². The molecule has 0 aromatic heterocycles. The fourth-order valence-corrected chi connectivity index (χ4v) is 2.25. The van der Waals surface area contributed by atoms with Crippen molar-refractivity contribution in [2.24, 2.45) is 11.8 Å². The third-order valence-corrected chi connectivity index (χ3v) is 4.05. The maximum Gasteiger partial charge on any atom is 0.306 e. The highest BCUT2D eigenvalue weighted by Crippen LogP contribution is 2.17. The van der Waals surface area contributed by atoms with Crippen molar-refractivity contribution in [1.82, 2.24) is 0 Å². The second-order valence-electron chi connectivity index (χ2n) is 5.66. The summed E-state index contributed by atoms with van der Waals surface area (Å²) in [5.74, 6) is -0.0989. The Hall–Kier alpha value is -0.530. The summed E-state index contributed by atoms with van der Waals surface area (Å²) in [4.78, 5) is 10.6. The molecule has 1 saturated carbocycles. The first-order valence-electron chi connectivity index (χ1n) is 7.84. The first-order valence-corrected chi connectivity index (χ1v) is 7.84. The van der Waals surface area contributed by atoms with Gasteiger partial charge in [-0.25, -0.2) is 0 Å². The standard InChI is InChI=1S/C10H20O2.C6H12/c1-4-8(3)6-7-9(5-2)10(11)12;1-2-4-6-5-3-1/h8-9H,4-7H2,1-3H3,(H,11,12);1-6H2. The largest absolute Gasteiger partial charge is 0.481 e. The van der Waals surface area contributed by atoms with Crippen LogP contribution in [0.2, 0.25) is 0 Å². The van der Waals surface area contributed by atoms with Gasteiger partial charge in [-0.3, -0.25) is 4.79 Å². The van der Waals surface area contributed by atoms with E-state index in [1.165, 1.54) is 38.5 Å². The van der Waals surface area contributed by atoms with E-state index in [9.17, 15) is 4.79 Å². The van der Waals surface area contributed by atoms with Crippen LogP contribution in [0.3, 0.4) is 0 Å². The molecule has 0 heterocycles. The quantitative estimate of drug-likeness (QED) is 0.703. The van der Waals surface area contributed by atoms with Crippen molar-refractivity contribution >= 4 is 5.97 Å². The molecule has 0 radical (unpaired) electrons. The van der Waals surface area contributed by atoms with Crippen LogP contribution in [0.1, 0.15) is 85.0 Å². The third kappa shape index (κ3) is 9.49. The van der Waals surface area contributed by atoms with Crippen LogP contribution < -0.4 is 0 Å². The molecule has 2 unspecified atom stereocenters. The molecular weight excluding hydrogens is 224 g/mol. The van der Waals surface area contributed by atoms with Gasteiger partial charge in [0, 0.05) is 0 Å². The summed E-state index contributed by atoms with van der Waals surface area (Å²) in [5.41, 5.74) is 0. The van der Waals surface area contributed by atoms with Crippen molar-refractivity contribution in [2.45, 2.75) is 85.0 Å². The number of carboxylic acids is 1. The molecule has 2 nitrogen and oxygen atoms in total. The molecule has 0 aromatic rings. The summed E-state index contributed by atoms with van der Waals surface area (Å²) in [6, 6.07) is 0. The lowest BCUT2D eigenvalue weighted by Gasteiger charge is -2.12. The van der Waals surface area contributed by atoms with Crippen molar-refractivity contribution in [2.75, 3.05) is 0 Å². The highest BCUT2D eigenvalue weighted by molar-refractivity contribution is 5.69. The number of carbonyl (C=O) groups is 1. The van der Waals surface area contributed by atoms with E-state index in [-0.39, 0.29) is 5.92 Å². The molecule has 0 spiro atoms. The smallest absolute Gasteiger partial charge is 0.306 e. The molecule has 1 aliphatic carbocycles. The Morgan fingerprint density at radius 1 is 0.944 bits per heavy atom. The third-order valence-electron chi connectivity index (χ3n) is 4.05. The van der Waals surface area contributed by atoms with Gasteiger partial charge in [-0.15, -0.1) is 0 Å². The van der Waals surface area contributed by atoms with Gasteiger partial charge in [0.1, 0.15) is 0 Å². The van der Waals surface area contributed by atoms with Gasteiger partial charge in [0.15, 0.2) is 0 Å². The minimum atomic E-state index is -0.638. The van der Waals surface area contributed by atoms with Crippen molar-refractivity contribution in [3.63, 3.8) is 0 Å². The molecule has 108 valence electrons. The van der Waals surface area contributed by atoms with E-state index < -0.39 is 5.97 Å². The van der Waals surface area contributed by atoms with Crippen molar-refractivity contribution in [3.05, 3.63) is 0 Å². The molecule has 0 saturated heterocycles. The molecule has 0 aliphatic heterocycles. The topological polar surface area (TPSA) is 37.3 Å². The lowest BCUT2D eigenvalue weighted by atomic mass is 9.94. The second-order valence-corrected chi connectivity index (χ2v) is 5.66. The van der Waals surface area contributed by atoms with Gasteiger partial charge in [-0.2, -0.15) is 0 Å². The molecule has 1 rings (SSSR count). The second kappa shape index (κ2) is 11.6. The zero-order valence-electron chi connectivity index (χ0n) is 12.6. The molecule has 1 N–H and O–H groups in total. The molecule has 0 bridgehead atoms. The maximum absolute atomic E-state index is 10.6. The van der Waals surface area contributed by atoms with Gasteiger partial charge in [-0.05, 0) is 25.2 Å². The Bertz CT molecular complexity index is 186. The highest BCUT2D eigenvalue weighted by Gasteiger charge is 2.15. The van der Waals surface area contributed by atoms with E-state index in [0.717, 1.165) is 25.7 Å². The molecule has 2 heteroatoms. The van der Waals surface area contributed by atoms with Crippen molar-refractivity contribution in [1.29, 1.82) is 0 Å². The molecule has 1 aliphatic rings. The molecule has 1 fully saturated rings. The van der Waals surface area contributed by atoms with Crippen LogP contribution in [0.15, 0.2) is 0 Å². The monoisotopic (exact) mass is 256 g/mol. The fourth-order valence-electron chi connectivity index (χ4n) is 2.25. The van der Waals surface area contributed by atoms with Gasteiger partial charge in [-0.1, -0.05) is 65.7 Å². The summed E-state index contributed by atoms with van der Waals surface area (Å²) in [6.07, 6.45) is 12.8. The zero-order valence-corrected chi connectivity index (χ0v) is 12.6. The lowest BCUT2D eigenvalue weighted by molar-refractivity contribution is -0.142. The minimum Gasteiger partial charge on any atom is -0.481 e. The normalized spacial score (nSPS) is 18.4. The Morgan fingerprint density at radius 3 is 1.67 bits per heavy atom. The fraction of sp³-hybridized carbons (Fsp3) is 0.938. The van der Waals surface area contributed by atoms with Crippen LogP contribution >= 0.6 is 0 Å². The number of hydrogen-bond acceptors (Lipinski definition) is 1. The molecule has 18 heavy (non-hydrogen) atoms. The van der Waals surface area contributed by atoms with Gasteiger partial charge in [0.05, 0.1) is 5.92 Å². The first kappa shape index (κ1) is 17.5. The van der Waals surface area contributed by atoms with Gasteiger partial charge in [0.2, 0.25) is 0 Å². The van der Waals surface area contributed by atoms with Crippen LogP contribution in [0.25, 0.3) is 0 Å². The Labute approximate surface area is 113 Å². The number of hydrogen-bond donors (Lipinski definition) is 1. The minimum absolute atomic E-state index is 0.126. The van der Waals surface area contributed by atoms with E-state index in [1.807, 2.05) is 6.92 Å². The maximum atomic E-state index is 10.6. The van der Waals surface area contributed by atoms with Crippen molar-refractivity contribution in [3.8, 4) is 0 Å². The van der Waals surface area contributed by atoms with Crippen LogP contribution in [0.5, 0.6) is 0 Å². The van der Waals surface area contributed by atoms with Crippen LogP contribution in [0.4, 0.5) is 0 Å². The van der Waals surface area contributed by atoms with Crippen LogP contribution in [-0.2, 0) is 4.79 Å². The predicted molar refractivity (Wildman–Crippen MR) is 77.8 cm³/mol. The Kier molecular flexibility index (Phi) is 11.2. The summed E-state index contributed by atoms with van der Waals surface area (Å²) < 4.78 is 0. The van der Waals surface area contributed by atoms with Gasteiger partial charge >= 0.3 is 5.97 Å². The molecule has 0 amide bonds. The highest BCUT2D eigenvalue weighted by atomic mass is 16.4. The van der Waals surface area contributed by atoms with Crippen LogP contribution in [0, 0.1) is 11.8 Å². The predicted octanol–water partition coefficient (Wildman–Crippen LogP) is 5.26. The van der Waals surface area contributed by atoms with E-state index >= 15 is 0 Å². The SMILES string of the molecule is C1CCCCC1.CCC(C)CCC(CC)C(=O)O. The summed E-state index contributed by atoms with van der Waals surface area (Å²) in [7, 11) is 0. The molecule has 0 aromatic carbocycles. The Morgan fingerprint density at radius 2 is 1.39 bits per heavy atom.